The molecule has 5 heteroatoms. The van der Waals surface area contributed by atoms with Crippen molar-refractivity contribution in [2.24, 2.45) is 0 Å². The minimum absolute atomic E-state index is 0. The predicted molar refractivity (Wildman–Crippen MR) is 49.2 cm³/mol. The molecule has 0 spiro atoms. The van der Waals surface area contributed by atoms with Crippen LogP contribution >= 0.6 is 15.9 Å². The number of aliphatic hydroxyl groups is 1. The van der Waals surface area contributed by atoms with E-state index in [1.165, 1.54) is 0 Å². The van der Waals surface area contributed by atoms with Gasteiger partial charge < -0.3 is 5.11 Å². The van der Waals surface area contributed by atoms with Crippen molar-refractivity contribution < 1.29 is 34.7 Å². The summed E-state index contributed by atoms with van der Waals surface area (Å²) in [6, 6.07) is 1.83. The Labute approximate surface area is 98.4 Å². The normalized spacial score (nSPS) is 7.82. The molecule has 0 unspecified atom stereocenters. The molecule has 1 N–H and O–H groups in total. The molecule has 11 heavy (non-hydrogen) atoms. The van der Waals surface area contributed by atoms with Gasteiger partial charge in [0.15, 0.2) is 0 Å². The topological polar surface area (TPSA) is 33.1 Å². The summed E-state index contributed by atoms with van der Waals surface area (Å²) in [4.78, 5) is 3.85. The van der Waals surface area contributed by atoms with Gasteiger partial charge in [0.25, 0.3) is 0 Å². The van der Waals surface area contributed by atoms with Crippen LogP contribution in [0.2, 0.25) is 0 Å². The van der Waals surface area contributed by atoms with E-state index in [0.29, 0.717) is 0 Å². The summed E-state index contributed by atoms with van der Waals surface area (Å²) in [7, 11) is 0. The van der Waals surface area contributed by atoms with Crippen molar-refractivity contribution in [1.29, 1.82) is 0 Å². The molecule has 0 aliphatic heterocycles. The van der Waals surface area contributed by atoms with E-state index < -0.39 is 0 Å². The van der Waals surface area contributed by atoms with E-state index >= 15 is 0 Å². The number of pyridine rings is 1. The molecule has 1 heterocycles. The van der Waals surface area contributed by atoms with E-state index in [1.54, 1.807) is 12.4 Å². The molecular formula is C6H10BBrNNaO. The Balaban J connectivity index is 0. The molecule has 0 atom stereocenters. The summed E-state index contributed by atoms with van der Waals surface area (Å²) in [5, 5.41) is 8.60. The quantitative estimate of drug-likeness (QED) is 0.514. The van der Waals surface area contributed by atoms with Crippen molar-refractivity contribution in [1.82, 2.24) is 4.98 Å². The largest absolute Gasteiger partial charge is 1.00 e. The van der Waals surface area contributed by atoms with Gasteiger partial charge in [-0.3, -0.25) is 4.98 Å². The number of nitrogens with zero attached hydrogens (tertiary/aromatic N) is 1. The second-order valence-electron chi connectivity index (χ2n) is 1.67. The van der Waals surface area contributed by atoms with Crippen LogP contribution in [0.3, 0.4) is 0 Å². The number of hydrogen-bond acceptors (Lipinski definition) is 2. The van der Waals surface area contributed by atoms with Crippen molar-refractivity contribution in [3.63, 3.8) is 0 Å². The standard InChI is InChI=1S/C6H6BrNO.BH4.Na/c7-6-1-5(4-9)2-8-3-6;;/h1-3,9H,4H2;1H4;/q;-1;+1. The molecular weight excluding hydrogens is 216 g/mol. The van der Waals surface area contributed by atoms with Gasteiger partial charge >= 0.3 is 29.6 Å². The molecule has 1 aromatic heterocycles. The third kappa shape index (κ3) is 4.98. The molecule has 1 rings (SSSR count). The van der Waals surface area contributed by atoms with Crippen LogP contribution in [0, 0.1) is 0 Å². The first-order chi connectivity index (χ1) is 4.33. The average Bonchev–Trinajstić information content (AvgIpc) is 1.88. The molecule has 0 aliphatic rings. The van der Waals surface area contributed by atoms with Gasteiger partial charge in [-0.25, -0.2) is 0 Å². The van der Waals surface area contributed by atoms with Crippen molar-refractivity contribution in [2.45, 2.75) is 6.61 Å². The van der Waals surface area contributed by atoms with Gasteiger partial charge in [-0.15, -0.1) is 0 Å². The summed E-state index contributed by atoms with van der Waals surface area (Å²) in [5.41, 5.74) is 0.823. The summed E-state index contributed by atoms with van der Waals surface area (Å²) >= 11 is 3.23. The zero-order valence-electron chi connectivity index (χ0n) is 5.71. The average molecular weight is 226 g/mol. The first-order valence-corrected chi connectivity index (χ1v) is 3.32. The van der Waals surface area contributed by atoms with Crippen molar-refractivity contribution >= 4 is 24.3 Å². The molecule has 0 saturated heterocycles. The monoisotopic (exact) mass is 225 g/mol. The van der Waals surface area contributed by atoms with E-state index in [0.717, 1.165) is 10.0 Å². The maximum atomic E-state index is 8.60. The second-order valence-corrected chi connectivity index (χ2v) is 2.59. The molecule has 1 aromatic rings. The van der Waals surface area contributed by atoms with Crippen LogP contribution in [0.25, 0.3) is 0 Å². The fraction of sp³-hybridized carbons (Fsp3) is 0.167. The van der Waals surface area contributed by atoms with Crippen LogP contribution in [-0.2, 0) is 6.61 Å². The van der Waals surface area contributed by atoms with Gasteiger partial charge in [0.1, 0.15) is 0 Å². The van der Waals surface area contributed by atoms with Gasteiger partial charge in [0.05, 0.1) is 6.61 Å². The number of aliphatic hydroxyl groups excluding tert-OH is 1. The summed E-state index contributed by atoms with van der Waals surface area (Å²) < 4.78 is 0.897. The Morgan fingerprint density at radius 2 is 2.09 bits per heavy atom. The summed E-state index contributed by atoms with van der Waals surface area (Å²) in [6.45, 7) is 0.0481. The van der Waals surface area contributed by atoms with Crippen molar-refractivity contribution in [3.05, 3.63) is 28.5 Å². The van der Waals surface area contributed by atoms with Gasteiger partial charge in [0, 0.05) is 16.9 Å². The molecule has 2 nitrogen and oxygen atoms in total. The smallest absolute Gasteiger partial charge is 0.392 e. The van der Waals surface area contributed by atoms with Gasteiger partial charge in [0.2, 0.25) is 0 Å². The fourth-order valence-electron chi connectivity index (χ4n) is 0.542. The second kappa shape index (κ2) is 7.31. The Kier molecular flexibility index (Phi) is 9.44. The minimum atomic E-state index is 0. The molecule has 0 amide bonds. The Bertz CT molecular complexity index is 212. The number of halogens is 1. The Hall–Kier alpha value is 0.655. The van der Waals surface area contributed by atoms with E-state index in [2.05, 4.69) is 20.9 Å². The van der Waals surface area contributed by atoms with Crippen LogP contribution in [0.4, 0.5) is 0 Å². The van der Waals surface area contributed by atoms with Gasteiger partial charge in [-0.1, -0.05) is 8.41 Å². The van der Waals surface area contributed by atoms with E-state index in [-0.39, 0.29) is 44.6 Å². The molecule has 0 fully saturated rings. The zero-order valence-corrected chi connectivity index (χ0v) is 9.30. The molecule has 0 bridgehead atoms. The first-order valence-electron chi connectivity index (χ1n) is 2.53. The molecule has 56 valence electrons. The maximum Gasteiger partial charge on any atom is 1.00 e. The van der Waals surface area contributed by atoms with Crippen molar-refractivity contribution in [2.75, 3.05) is 0 Å². The summed E-state index contributed by atoms with van der Waals surface area (Å²) in [6.07, 6.45) is 3.31. The zero-order chi connectivity index (χ0) is 6.69. The molecule has 0 radical (unpaired) electrons. The van der Waals surface area contributed by atoms with E-state index in [9.17, 15) is 0 Å². The molecule has 0 aliphatic carbocycles. The fourth-order valence-corrected chi connectivity index (χ4v) is 0.955. The SMILES string of the molecule is OCc1cncc(Br)c1.[BH4-].[Na+]. The third-order valence-electron chi connectivity index (χ3n) is 0.944. The van der Waals surface area contributed by atoms with Gasteiger partial charge in [-0.05, 0) is 27.6 Å². The third-order valence-corrected chi connectivity index (χ3v) is 1.38. The first kappa shape index (κ1) is 14.2. The number of rotatable bonds is 1. The van der Waals surface area contributed by atoms with Crippen LogP contribution in [-0.4, -0.2) is 18.5 Å². The Morgan fingerprint density at radius 3 is 2.45 bits per heavy atom. The van der Waals surface area contributed by atoms with Crippen LogP contribution in [0.1, 0.15) is 5.56 Å². The van der Waals surface area contributed by atoms with Crippen LogP contribution in [0.5, 0.6) is 0 Å². The van der Waals surface area contributed by atoms with Crippen LogP contribution < -0.4 is 29.6 Å². The summed E-state index contributed by atoms with van der Waals surface area (Å²) in [5.74, 6) is 0. The van der Waals surface area contributed by atoms with E-state index in [1.807, 2.05) is 6.07 Å². The minimum Gasteiger partial charge on any atom is -0.392 e. The molecule has 0 saturated carbocycles. The van der Waals surface area contributed by atoms with E-state index in [4.69, 9.17) is 5.11 Å². The predicted octanol–water partition coefficient (Wildman–Crippen LogP) is -3.11. The van der Waals surface area contributed by atoms with Crippen molar-refractivity contribution in [3.8, 4) is 0 Å². The van der Waals surface area contributed by atoms with Crippen LogP contribution in [0.15, 0.2) is 22.9 Å². The Morgan fingerprint density at radius 1 is 1.45 bits per heavy atom. The van der Waals surface area contributed by atoms with Gasteiger partial charge in [-0.2, -0.15) is 0 Å². The number of aromatic nitrogens is 1. The maximum absolute atomic E-state index is 8.60. The number of hydrogen-bond donors (Lipinski definition) is 1. The molecule has 0 aromatic carbocycles.